The van der Waals surface area contributed by atoms with Crippen LogP contribution in [-0.2, 0) is 14.2 Å². The number of nitrogens with two attached hydrogens (primary N) is 1. The summed E-state index contributed by atoms with van der Waals surface area (Å²) in [6.07, 6.45) is 1.45. The van der Waals surface area contributed by atoms with Gasteiger partial charge >= 0.3 is 5.97 Å². The zero-order valence-electron chi connectivity index (χ0n) is 15.4. The third-order valence-corrected chi connectivity index (χ3v) is 5.38. The van der Waals surface area contributed by atoms with Crippen LogP contribution in [-0.4, -0.2) is 27.4 Å². The van der Waals surface area contributed by atoms with Crippen molar-refractivity contribution in [3.8, 4) is 0 Å². The number of carboxylic acids is 1. The van der Waals surface area contributed by atoms with E-state index in [0.717, 1.165) is 5.56 Å². The number of benzene rings is 1. The van der Waals surface area contributed by atoms with Crippen molar-refractivity contribution in [3.63, 3.8) is 0 Å². The summed E-state index contributed by atoms with van der Waals surface area (Å²) in [5.41, 5.74) is 7.90. The Balaban J connectivity index is 2.99. The van der Waals surface area contributed by atoms with Gasteiger partial charge in [-0.25, -0.2) is 0 Å². The first-order valence-electron chi connectivity index (χ1n) is 8.56. The second-order valence-electron chi connectivity index (χ2n) is 6.99. The number of aliphatic hydroxyl groups is 1. The number of rotatable bonds is 10. The molecule has 1 aromatic rings. The summed E-state index contributed by atoms with van der Waals surface area (Å²) in [7, 11) is -1.78. The lowest BCUT2D eigenvalue weighted by molar-refractivity contribution is -0.147. The average Bonchev–Trinajstić information content (AvgIpc) is 2.54. The van der Waals surface area contributed by atoms with Crippen LogP contribution in [0.1, 0.15) is 57.1 Å². The molecule has 0 saturated heterocycles. The molecular weight excluding hydrogens is 353 g/mol. The van der Waals surface area contributed by atoms with Gasteiger partial charge in [0.25, 0.3) is 0 Å². The molecule has 1 rings (SSSR count). The summed E-state index contributed by atoms with van der Waals surface area (Å²) in [6.45, 7) is 5.96. The molecule has 0 fully saturated rings. The number of amides is 1. The van der Waals surface area contributed by atoms with E-state index in [1.54, 1.807) is 6.92 Å². The Labute approximate surface area is 155 Å². The molecule has 0 aliphatic carbocycles. The Morgan fingerprint density at radius 1 is 1.27 bits per heavy atom. The monoisotopic (exact) mass is 381 g/mol. The SMILES string of the molecule is C/C(=C\c1ccc(C(C)C)cc1)CC(O)([PH2]=O)C(CCC(N)=O)C(=O)O. The van der Waals surface area contributed by atoms with E-state index in [1.165, 1.54) is 5.56 Å². The molecule has 7 heteroatoms. The maximum absolute atomic E-state index is 11.7. The molecule has 3 atom stereocenters. The predicted molar refractivity (Wildman–Crippen MR) is 104 cm³/mol. The topological polar surface area (TPSA) is 118 Å². The number of primary amides is 1. The van der Waals surface area contributed by atoms with E-state index < -0.39 is 31.6 Å². The molecule has 0 spiro atoms. The third-order valence-electron chi connectivity index (χ3n) is 4.36. The van der Waals surface area contributed by atoms with Crippen LogP contribution < -0.4 is 5.73 Å². The molecule has 6 nitrogen and oxygen atoms in total. The highest BCUT2D eigenvalue weighted by molar-refractivity contribution is 7.25. The Morgan fingerprint density at radius 3 is 2.27 bits per heavy atom. The van der Waals surface area contributed by atoms with Gasteiger partial charge in [0.1, 0.15) is 5.34 Å². The number of hydrogen-bond acceptors (Lipinski definition) is 4. The molecule has 26 heavy (non-hydrogen) atoms. The summed E-state index contributed by atoms with van der Waals surface area (Å²) in [4.78, 5) is 22.4. The fraction of sp³-hybridized carbons (Fsp3) is 0.474. The normalized spacial score (nSPS) is 16.0. The van der Waals surface area contributed by atoms with E-state index in [0.29, 0.717) is 11.5 Å². The quantitative estimate of drug-likeness (QED) is 0.539. The van der Waals surface area contributed by atoms with Crippen LogP contribution in [0.2, 0.25) is 0 Å². The lowest BCUT2D eigenvalue weighted by atomic mass is 9.90. The van der Waals surface area contributed by atoms with Crippen molar-refractivity contribution >= 4 is 26.4 Å². The number of carboxylic acid groups (broad SMARTS) is 1. The van der Waals surface area contributed by atoms with Crippen LogP contribution in [0.4, 0.5) is 0 Å². The van der Waals surface area contributed by atoms with Gasteiger partial charge in [0.15, 0.2) is 0 Å². The molecule has 0 saturated carbocycles. The predicted octanol–water partition coefficient (Wildman–Crippen LogP) is 3.01. The summed E-state index contributed by atoms with van der Waals surface area (Å²) >= 11 is 0. The van der Waals surface area contributed by atoms with Gasteiger partial charge in [-0.05, 0) is 30.4 Å². The van der Waals surface area contributed by atoms with Crippen molar-refractivity contribution in [2.45, 2.75) is 51.3 Å². The van der Waals surface area contributed by atoms with Gasteiger partial charge in [0.2, 0.25) is 5.91 Å². The number of hydrogen-bond donors (Lipinski definition) is 3. The molecule has 0 radical (unpaired) electrons. The first-order valence-corrected chi connectivity index (χ1v) is 9.61. The Morgan fingerprint density at radius 2 is 1.85 bits per heavy atom. The Hall–Kier alpha value is -1.91. The fourth-order valence-corrected chi connectivity index (χ4v) is 3.76. The largest absolute Gasteiger partial charge is 0.481 e. The van der Waals surface area contributed by atoms with E-state index in [2.05, 4.69) is 13.8 Å². The Bertz CT molecular complexity index is 684. The third kappa shape index (κ3) is 6.43. The van der Waals surface area contributed by atoms with Gasteiger partial charge in [-0.3, -0.25) is 9.59 Å². The van der Waals surface area contributed by atoms with Crippen LogP contribution >= 0.6 is 8.46 Å². The smallest absolute Gasteiger partial charge is 0.309 e. The molecule has 0 heterocycles. The molecule has 1 aromatic carbocycles. The number of carbonyl (C=O) groups excluding carboxylic acids is 1. The van der Waals surface area contributed by atoms with Crippen LogP contribution in [0, 0.1) is 5.92 Å². The van der Waals surface area contributed by atoms with Gasteiger partial charge in [-0.15, -0.1) is 0 Å². The molecule has 0 aliphatic heterocycles. The van der Waals surface area contributed by atoms with Gasteiger partial charge < -0.3 is 20.5 Å². The van der Waals surface area contributed by atoms with Crippen molar-refractivity contribution in [2.75, 3.05) is 0 Å². The first-order chi connectivity index (χ1) is 12.1. The van der Waals surface area contributed by atoms with Gasteiger partial charge in [0.05, 0.1) is 14.4 Å². The zero-order valence-corrected chi connectivity index (χ0v) is 16.6. The molecule has 0 aromatic heterocycles. The first kappa shape index (κ1) is 22.1. The molecule has 4 N–H and O–H groups in total. The van der Waals surface area contributed by atoms with Crippen LogP contribution in [0.5, 0.6) is 0 Å². The minimum atomic E-state index is -1.89. The number of carbonyl (C=O) groups is 2. The second-order valence-corrected chi connectivity index (χ2v) is 8.23. The summed E-state index contributed by atoms with van der Waals surface area (Å²) in [5, 5.41) is 18.2. The highest BCUT2D eigenvalue weighted by Crippen LogP contribution is 2.38. The van der Waals surface area contributed by atoms with E-state index >= 15 is 0 Å². The fourth-order valence-electron chi connectivity index (χ4n) is 2.88. The van der Waals surface area contributed by atoms with Gasteiger partial charge in [0, 0.05) is 12.8 Å². The van der Waals surface area contributed by atoms with Gasteiger partial charge in [-0.2, -0.15) is 0 Å². The van der Waals surface area contributed by atoms with Crippen LogP contribution in [0.15, 0.2) is 29.8 Å². The van der Waals surface area contributed by atoms with E-state index in [4.69, 9.17) is 5.73 Å². The molecule has 1 amide bonds. The highest BCUT2D eigenvalue weighted by atomic mass is 31.1. The highest BCUT2D eigenvalue weighted by Gasteiger charge is 2.41. The van der Waals surface area contributed by atoms with E-state index in [-0.39, 0.29) is 19.3 Å². The van der Waals surface area contributed by atoms with E-state index in [9.17, 15) is 24.4 Å². The maximum atomic E-state index is 11.7. The van der Waals surface area contributed by atoms with Crippen LogP contribution in [0.3, 0.4) is 0 Å². The molecule has 3 unspecified atom stereocenters. The Kier molecular flexibility index (Phi) is 8.25. The van der Waals surface area contributed by atoms with Crippen molar-refractivity contribution in [3.05, 3.63) is 41.0 Å². The van der Waals surface area contributed by atoms with Crippen molar-refractivity contribution in [2.24, 2.45) is 11.7 Å². The van der Waals surface area contributed by atoms with E-state index in [1.807, 2.05) is 30.3 Å². The molecular formula is C19H28NO5P. The summed E-state index contributed by atoms with van der Waals surface area (Å²) < 4.78 is 11.7. The maximum Gasteiger partial charge on any atom is 0.309 e. The summed E-state index contributed by atoms with van der Waals surface area (Å²) in [5.74, 6) is -2.83. The standard InChI is InChI=1S/C19H28NO5P/c1-12(2)15-6-4-14(5-7-15)10-13(3)11-19(24,26-25)16(18(22)23)8-9-17(20)21/h4-7,10,12,16,24H,8-9,11,26H2,1-3H3,(H2,20,21)(H,22,23)/b13-10+. The molecule has 0 bridgehead atoms. The van der Waals surface area contributed by atoms with Gasteiger partial charge in [-0.1, -0.05) is 49.8 Å². The second kappa shape index (κ2) is 9.70. The number of aliphatic carboxylic acids is 1. The van der Waals surface area contributed by atoms with Crippen molar-refractivity contribution < 1.29 is 24.4 Å². The molecule has 0 aliphatic rings. The lowest BCUT2D eigenvalue weighted by Crippen LogP contribution is -2.38. The summed E-state index contributed by atoms with van der Waals surface area (Å²) in [6, 6.07) is 7.93. The minimum Gasteiger partial charge on any atom is -0.481 e. The van der Waals surface area contributed by atoms with Crippen LogP contribution in [0.25, 0.3) is 6.08 Å². The zero-order chi connectivity index (χ0) is 19.9. The average molecular weight is 381 g/mol. The minimum absolute atomic E-state index is 0.0481. The molecule has 144 valence electrons. The van der Waals surface area contributed by atoms with Crippen molar-refractivity contribution in [1.82, 2.24) is 0 Å². The lowest BCUT2D eigenvalue weighted by Gasteiger charge is -2.29. The van der Waals surface area contributed by atoms with Crippen molar-refractivity contribution in [1.29, 1.82) is 0 Å².